The Morgan fingerprint density at radius 2 is 1.76 bits per heavy atom. The molecule has 0 radical (unpaired) electrons. The molecule has 2 aromatic carbocycles. The molecule has 0 aromatic heterocycles. The number of allylic oxidation sites excluding steroid dienone is 1. The number of nitrogens with one attached hydrogen (secondary N) is 1. The lowest BCUT2D eigenvalue weighted by Gasteiger charge is -2.18. The molecule has 1 heterocycles. The van der Waals surface area contributed by atoms with Gasteiger partial charge in [-0.05, 0) is 43.0 Å². The molecule has 1 aliphatic heterocycles. The standard InChI is InChI=1S/C19H21NO/c1-12-10-17-18(20-12)14(3)13(2)15(4)19(17)21-11-16-8-6-5-7-9-16/h5-9,20H,1,10-11H2,2-4H3. The van der Waals surface area contributed by atoms with E-state index in [1.165, 1.54) is 33.5 Å². The van der Waals surface area contributed by atoms with Gasteiger partial charge in [0, 0.05) is 23.4 Å². The molecule has 0 unspecified atom stereocenters. The third kappa shape index (κ3) is 2.42. The lowest BCUT2D eigenvalue weighted by Crippen LogP contribution is -2.03. The first kappa shape index (κ1) is 13.7. The molecule has 21 heavy (non-hydrogen) atoms. The van der Waals surface area contributed by atoms with E-state index in [9.17, 15) is 0 Å². The second-order valence-corrected chi connectivity index (χ2v) is 5.74. The van der Waals surface area contributed by atoms with Crippen molar-refractivity contribution in [3.8, 4) is 5.75 Å². The van der Waals surface area contributed by atoms with Crippen molar-refractivity contribution >= 4 is 5.69 Å². The van der Waals surface area contributed by atoms with Crippen molar-refractivity contribution in [3.63, 3.8) is 0 Å². The number of hydrogen-bond acceptors (Lipinski definition) is 2. The number of anilines is 1. The molecule has 0 saturated heterocycles. The summed E-state index contributed by atoms with van der Waals surface area (Å²) < 4.78 is 6.17. The molecule has 0 bridgehead atoms. The van der Waals surface area contributed by atoms with E-state index >= 15 is 0 Å². The third-order valence-electron chi connectivity index (χ3n) is 4.33. The minimum Gasteiger partial charge on any atom is -0.488 e. The van der Waals surface area contributed by atoms with Crippen LogP contribution in [0.1, 0.15) is 27.8 Å². The van der Waals surface area contributed by atoms with Crippen LogP contribution in [0, 0.1) is 20.8 Å². The van der Waals surface area contributed by atoms with Gasteiger partial charge >= 0.3 is 0 Å². The summed E-state index contributed by atoms with van der Waals surface area (Å²) >= 11 is 0. The molecule has 108 valence electrons. The van der Waals surface area contributed by atoms with Gasteiger partial charge in [0.05, 0.1) is 0 Å². The summed E-state index contributed by atoms with van der Waals surface area (Å²) in [5, 5.41) is 3.40. The number of hydrogen-bond donors (Lipinski definition) is 1. The summed E-state index contributed by atoms with van der Waals surface area (Å²) in [6.07, 6.45) is 0.849. The molecule has 0 fully saturated rings. The van der Waals surface area contributed by atoms with Gasteiger partial charge in [-0.3, -0.25) is 0 Å². The van der Waals surface area contributed by atoms with Crippen molar-refractivity contribution < 1.29 is 4.74 Å². The SMILES string of the molecule is C=C1Cc2c(c(C)c(C)c(C)c2OCc2ccccc2)N1. The lowest BCUT2D eigenvalue weighted by molar-refractivity contribution is 0.301. The third-order valence-corrected chi connectivity index (χ3v) is 4.33. The number of rotatable bonds is 3. The maximum atomic E-state index is 6.17. The number of benzene rings is 2. The predicted molar refractivity (Wildman–Crippen MR) is 87.9 cm³/mol. The molecule has 2 aromatic rings. The summed E-state index contributed by atoms with van der Waals surface area (Å²) in [6, 6.07) is 10.3. The molecule has 0 spiro atoms. The van der Waals surface area contributed by atoms with Gasteiger partial charge in [-0.1, -0.05) is 36.9 Å². The van der Waals surface area contributed by atoms with Crippen LogP contribution in [0.5, 0.6) is 5.75 Å². The van der Waals surface area contributed by atoms with Crippen molar-refractivity contribution in [3.05, 3.63) is 70.4 Å². The average Bonchev–Trinajstić information content (AvgIpc) is 2.88. The molecular formula is C19H21NO. The van der Waals surface area contributed by atoms with Crippen LogP contribution in [-0.4, -0.2) is 0 Å². The predicted octanol–water partition coefficient (Wildman–Crippen LogP) is 4.67. The zero-order chi connectivity index (χ0) is 15.0. The first-order chi connectivity index (χ1) is 10.1. The monoisotopic (exact) mass is 279 g/mol. The van der Waals surface area contributed by atoms with Crippen LogP contribution in [0.3, 0.4) is 0 Å². The smallest absolute Gasteiger partial charge is 0.128 e. The Balaban J connectivity index is 1.97. The average molecular weight is 279 g/mol. The van der Waals surface area contributed by atoms with E-state index in [0.29, 0.717) is 6.61 Å². The Bertz CT molecular complexity index is 701. The fourth-order valence-electron chi connectivity index (χ4n) is 2.90. The van der Waals surface area contributed by atoms with Crippen molar-refractivity contribution in [1.29, 1.82) is 0 Å². The number of fused-ring (bicyclic) bond motifs is 1. The Morgan fingerprint density at radius 1 is 1.05 bits per heavy atom. The Hall–Kier alpha value is -2.22. The minimum absolute atomic E-state index is 0.600. The Labute approximate surface area is 126 Å². The maximum absolute atomic E-state index is 6.17. The highest BCUT2D eigenvalue weighted by Gasteiger charge is 2.24. The first-order valence-electron chi connectivity index (χ1n) is 7.32. The van der Waals surface area contributed by atoms with Gasteiger partial charge in [-0.25, -0.2) is 0 Å². The molecule has 0 saturated carbocycles. The zero-order valence-electron chi connectivity index (χ0n) is 12.9. The van der Waals surface area contributed by atoms with Gasteiger partial charge in [-0.2, -0.15) is 0 Å². The van der Waals surface area contributed by atoms with Gasteiger partial charge in [0.2, 0.25) is 0 Å². The second-order valence-electron chi connectivity index (χ2n) is 5.74. The molecule has 0 aliphatic carbocycles. The molecule has 0 atom stereocenters. The highest BCUT2D eigenvalue weighted by molar-refractivity contribution is 5.74. The largest absolute Gasteiger partial charge is 0.488 e. The van der Waals surface area contributed by atoms with Gasteiger partial charge in [0.25, 0.3) is 0 Å². The van der Waals surface area contributed by atoms with Crippen molar-refractivity contribution in [1.82, 2.24) is 0 Å². The normalized spacial score (nSPS) is 13.0. The fraction of sp³-hybridized carbons (Fsp3) is 0.263. The summed E-state index contributed by atoms with van der Waals surface area (Å²) in [6.45, 7) is 11.1. The van der Waals surface area contributed by atoms with Crippen LogP contribution in [0.25, 0.3) is 0 Å². The topological polar surface area (TPSA) is 21.3 Å². The highest BCUT2D eigenvalue weighted by atomic mass is 16.5. The molecular weight excluding hydrogens is 258 g/mol. The summed E-state index contributed by atoms with van der Waals surface area (Å²) in [7, 11) is 0. The van der Waals surface area contributed by atoms with E-state index in [1.54, 1.807) is 0 Å². The van der Waals surface area contributed by atoms with E-state index < -0.39 is 0 Å². The minimum atomic E-state index is 0.600. The van der Waals surface area contributed by atoms with E-state index in [4.69, 9.17) is 4.74 Å². The Kier molecular flexibility index (Phi) is 3.46. The molecule has 1 N–H and O–H groups in total. The molecule has 0 amide bonds. The number of ether oxygens (including phenoxy) is 1. The molecule has 1 aliphatic rings. The zero-order valence-corrected chi connectivity index (χ0v) is 12.9. The van der Waals surface area contributed by atoms with E-state index in [1.807, 2.05) is 18.2 Å². The van der Waals surface area contributed by atoms with Crippen LogP contribution in [-0.2, 0) is 13.0 Å². The fourth-order valence-corrected chi connectivity index (χ4v) is 2.90. The van der Waals surface area contributed by atoms with Gasteiger partial charge < -0.3 is 10.1 Å². The van der Waals surface area contributed by atoms with Crippen LogP contribution in [0.4, 0.5) is 5.69 Å². The lowest BCUT2D eigenvalue weighted by atomic mass is 9.96. The highest BCUT2D eigenvalue weighted by Crippen LogP contribution is 2.42. The molecule has 3 rings (SSSR count). The summed E-state index contributed by atoms with van der Waals surface area (Å²) in [5.41, 5.74) is 8.49. The molecule has 2 nitrogen and oxygen atoms in total. The molecule has 2 heteroatoms. The van der Waals surface area contributed by atoms with Gasteiger partial charge in [0.15, 0.2) is 0 Å². The van der Waals surface area contributed by atoms with Crippen LogP contribution < -0.4 is 10.1 Å². The van der Waals surface area contributed by atoms with E-state index in [2.05, 4.69) is 44.8 Å². The van der Waals surface area contributed by atoms with Crippen LogP contribution >= 0.6 is 0 Å². The first-order valence-corrected chi connectivity index (χ1v) is 7.32. The Morgan fingerprint density at radius 3 is 2.48 bits per heavy atom. The van der Waals surface area contributed by atoms with E-state index in [-0.39, 0.29) is 0 Å². The maximum Gasteiger partial charge on any atom is 0.128 e. The quantitative estimate of drug-likeness (QED) is 0.881. The van der Waals surface area contributed by atoms with E-state index in [0.717, 1.165) is 17.9 Å². The summed E-state index contributed by atoms with van der Waals surface area (Å²) in [4.78, 5) is 0. The van der Waals surface area contributed by atoms with Crippen molar-refractivity contribution in [2.75, 3.05) is 5.32 Å². The van der Waals surface area contributed by atoms with Gasteiger partial charge in [0.1, 0.15) is 12.4 Å². The second kappa shape index (κ2) is 5.28. The van der Waals surface area contributed by atoms with Crippen molar-refractivity contribution in [2.24, 2.45) is 0 Å². The van der Waals surface area contributed by atoms with Gasteiger partial charge in [-0.15, -0.1) is 0 Å². The van der Waals surface area contributed by atoms with Crippen LogP contribution in [0.2, 0.25) is 0 Å². The van der Waals surface area contributed by atoms with Crippen molar-refractivity contribution in [2.45, 2.75) is 33.8 Å². The summed E-state index contributed by atoms with van der Waals surface area (Å²) in [5.74, 6) is 1.02. The van der Waals surface area contributed by atoms with Crippen LogP contribution in [0.15, 0.2) is 42.6 Å².